The van der Waals surface area contributed by atoms with Gasteiger partial charge in [0, 0.05) is 44.0 Å². The second kappa shape index (κ2) is 8.36. The number of rotatable bonds is 4. The minimum atomic E-state index is -4.98. The maximum absolute atomic E-state index is 12.7. The van der Waals surface area contributed by atoms with Crippen molar-refractivity contribution in [1.29, 1.82) is 0 Å². The topological polar surface area (TPSA) is 105 Å². The molecule has 1 aromatic carbocycles. The lowest BCUT2D eigenvalue weighted by molar-refractivity contribution is -0.275. The van der Waals surface area contributed by atoms with Crippen LogP contribution in [0.1, 0.15) is 36.7 Å². The van der Waals surface area contributed by atoms with E-state index in [-0.39, 0.29) is 17.8 Å². The number of hydrogen-bond donors (Lipinski definition) is 2. The average molecular weight is 419 g/mol. The number of aromatic carboxylic acids is 1. The predicted molar refractivity (Wildman–Crippen MR) is 97.6 cm³/mol. The Hall–Kier alpha value is -2.69. The maximum atomic E-state index is 12.7. The fourth-order valence-electron chi connectivity index (χ4n) is 2.83. The molecule has 0 saturated carbocycles. The van der Waals surface area contributed by atoms with Crippen molar-refractivity contribution in [3.8, 4) is 5.75 Å². The van der Waals surface area contributed by atoms with E-state index in [4.69, 9.17) is 15.6 Å². The Balaban J connectivity index is 2.11. The summed E-state index contributed by atoms with van der Waals surface area (Å²) in [6, 6.07) is 1.95. The largest absolute Gasteiger partial charge is 0.573 e. The van der Waals surface area contributed by atoms with Gasteiger partial charge in [0.15, 0.2) is 0 Å². The number of benzene rings is 1. The van der Waals surface area contributed by atoms with Gasteiger partial charge in [0.25, 0.3) is 0 Å². The monoisotopic (exact) mass is 419 g/mol. The number of halogens is 3. The lowest BCUT2D eigenvalue weighted by atomic mass is 10.1. The molecule has 0 bridgehead atoms. The van der Waals surface area contributed by atoms with E-state index in [2.05, 4.69) is 4.74 Å². The second-order valence-corrected chi connectivity index (χ2v) is 7.64. The van der Waals surface area contributed by atoms with Gasteiger partial charge in [-0.3, -0.25) is 4.90 Å². The van der Waals surface area contributed by atoms with Crippen molar-refractivity contribution in [1.82, 2.24) is 9.80 Å². The van der Waals surface area contributed by atoms with E-state index in [1.165, 1.54) is 11.0 Å². The molecule has 0 radical (unpaired) electrons. The molecule has 1 saturated heterocycles. The molecule has 1 fully saturated rings. The van der Waals surface area contributed by atoms with Crippen LogP contribution in [0.4, 0.5) is 23.7 Å². The number of nitrogens with two attached hydrogens (primary N) is 1. The third-order valence-corrected chi connectivity index (χ3v) is 4.11. The number of carboxylic acid groups (broad SMARTS) is 1. The lowest BCUT2D eigenvalue weighted by Gasteiger charge is -2.35. The number of carbonyl (C=O) groups excluding carboxylic acids is 1. The summed E-state index contributed by atoms with van der Waals surface area (Å²) in [7, 11) is 0. The molecule has 162 valence electrons. The van der Waals surface area contributed by atoms with Crippen LogP contribution < -0.4 is 10.5 Å². The zero-order valence-corrected chi connectivity index (χ0v) is 16.4. The number of carboxylic acids is 1. The average Bonchev–Trinajstić information content (AvgIpc) is 2.54. The zero-order chi connectivity index (χ0) is 22.0. The fourth-order valence-corrected chi connectivity index (χ4v) is 2.83. The summed E-state index contributed by atoms with van der Waals surface area (Å²) in [5.74, 6) is -2.06. The number of nitrogens with zero attached hydrogens (tertiary/aromatic N) is 2. The summed E-state index contributed by atoms with van der Waals surface area (Å²) in [5.41, 5.74) is 4.53. The Kier molecular flexibility index (Phi) is 6.51. The summed E-state index contributed by atoms with van der Waals surface area (Å²) >= 11 is 0. The highest BCUT2D eigenvalue weighted by atomic mass is 19.4. The molecule has 11 heteroatoms. The molecule has 1 amide bonds. The van der Waals surface area contributed by atoms with Crippen molar-refractivity contribution in [3.05, 3.63) is 23.3 Å². The summed E-state index contributed by atoms with van der Waals surface area (Å²) in [6.45, 7) is 6.80. The predicted octanol–water partition coefficient (Wildman–Crippen LogP) is 2.92. The van der Waals surface area contributed by atoms with Gasteiger partial charge in [0.1, 0.15) is 11.4 Å². The fraction of sp³-hybridized carbons (Fsp3) is 0.556. The number of amides is 1. The van der Waals surface area contributed by atoms with Crippen LogP contribution in [0.25, 0.3) is 0 Å². The van der Waals surface area contributed by atoms with E-state index in [1.807, 2.05) is 4.90 Å². The first kappa shape index (κ1) is 22.6. The van der Waals surface area contributed by atoms with Gasteiger partial charge in [-0.05, 0) is 32.9 Å². The molecule has 0 aromatic heterocycles. The molecule has 0 unspecified atom stereocenters. The standard InChI is InChI=1S/C18H24F3N3O5/c1-17(2,3)29-16(27)24-6-4-23(5-7-24)10-11-8-13(22)12(15(25)26)9-14(11)28-18(19,20)21/h8-9H,4-7,10,22H2,1-3H3,(H,25,26). The molecule has 0 aliphatic carbocycles. The first-order chi connectivity index (χ1) is 13.2. The van der Waals surface area contributed by atoms with E-state index in [0.717, 1.165) is 6.07 Å². The lowest BCUT2D eigenvalue weighted by Crippen LogP contribution is -2.49. The van der Waals surface area contributed by atoms with Crippen molar-refractivity contribution in [2.24, 2.45) is 0 Å². The maximum Gasteiger partial charge on any atom is 0.573 e. The number of hydrogen-bond acceptors (Lipinski definition) is 6. The summed E-state index contributed by atoms with van der Waals surface area (Å²) in [6.07, 6.45) is -5.43. The van der Waals surface area contributed by atoms with Gasteiger partial charge in [-0.2, -0.15) is 0 Å². The Bertz CT molecular complexity index is 769. The number of ether oxygens (including phenoxy) is 2. The van der Waals surface area contributed by atoms with E-state index in [9.17, 15) is 22.8 Å². The van der Waals surface area contributed by atoms with Crippen molar-refractivity contribution < 1.29 is 37.3 Å². The Morgan fingerprint density at radius 3 is 2.21 bits per heavy atom. The number of alkyl halides is 3. The number of anilines is 1. The van der Waals surface area contributed by atoms with E-state index >= 15 is 0 Å². The Morgan fingerprint density at radius 1 is 1.14 bits per heavy atom. The van der Waals surface area contributed by atoms with Crippen LogP contribution in [-0.2, 0) is 11.3 Å². The number of nitrogen functional groups attached to an aromatic ring is 1. The molecular formula is C18H24F3N3O5. The highest BCUT2D eigenvalue weighted by Crippen LogP contribution is 2.31. The Labute approximate surface area is 166 Å². The molecule has 1 aliphatic rings. The highest BCUT2D eigenvalue weighted by molar-refractivity contribution is 5.94. The molecule has 0 spiro atoms. The van der Waals surface area contributed by atoms with Crippen molar-refractivity contribution in [2.45, 2.75) is 39.3 Å². The van der Waals surface area contributed by atoms with Crippen molar-refractivity contribution >= 4 is 17.7 Å². The van der Waals surface area contributed by atoms with Gasteiger partial charge in [-0.1, -0.05) is 0 Å². The molecule has 1 heterocycles. The van der Waals surface area contributed by atoms with Crippen LogP contribution in [0.5, 0.6) is 5.75 Å². The minimum Gasteiger partial charge on any atom is -0.478 e. The van der Waals surface area contributed by atoms with Gasteiger partial charge < -0.3 is 25.2 Å². The molecule has 2 rings (SSSR count). The number of carbonyl (C=O) groups is 2. The van der Waals surface area contributed by atoms with Crippen LogP contribution in [-0.4, -0.2) is 65.1 Å². The van der Waals surface area contributed by atoms with Gasteiger partial charge >= 0.3 is 18.4 Å². The molecular weight excluding hydrogens is 395 g/mol. The first-order valence-electron chi connectivity index (χ1n) is 8.87. The van der Waals surface area contributed by atoms with Crippen molar-refractivity contribution in [2.75, 3.05) is 31.9 Å². The first-order valence-corrected chi connectivity index (χ1v) is 8.87. The molecule has 1 aliphatic heterocycles. The van der Waals surface area contributed by atoms with Gasteiger partial charge in [-0.25, -0.2) is 9.59 Å². The van der Waals surface area contributed by atoms with Crippen molar-refractivity contribution in [3.63, 3.8) is 0 Å². The van der Waals surface area contributed by atoms with Crippen LogP contribution in [0.3, 0.4) is 0 Å². The second-order valence-electron chi connectivity index (χ2n) is 7.64. The smallest absolute Gasteiger partial charge is 0.478 e. The summed E-state index contributed by atoms with van der Waals surface area (Å²) < 4.78 is 47.5. The Morgan fingerprint density at radius 2 is 1.72 bits per heavy atom. The third kappa shape index (κ3) is 6.70. The molecule has 8 nitrogen and oxygen atoms in total. The molecule has 3 N–H and O–H groups in total. The summed E-state index contributed by atoms with van der Waals surface area (Å²) in [4.78, 5) is 26.6. The van der Waals surface area contributed by atoms with E-state index in [0.29, 0.717) is 26.2 Å². The zero-order valence-electron chi connectivity index (χ0n) is 16.4. The van der Waals surface area contributed by atoms with Gasteiger partial charge in [-0.15, -0.1) is 13.2 Å². The normalized spacial score (nSPS) is 15.9. The van der Waals surface area contributed by atoms with E-state index < -0.39 is 35.3 Å². The quantitative estimate of drug-likeness (QED) is 0.723. The molecule has 0 atom stereocenters. The van der Waals surface area contributed by atoms with Crippen LogP contribution in [0.2, 0.25) is 0 Å². The summed E-state index contributed by atoms with van der Waals surface area (Å²) in [5, 5.41) is 9.09. The molecule has 29 heavy (non-hydrogen) atoms. The third-order valence-electron chi connectivity index (χ3n) is 4.11. The molecule has 1 aromatic rings. The number of piperazine rings is 1. The van der Waals surface area contributed by atoms with E-state index in [1.54, 1.807) is 20.8 Å². The van der Waals surface area contributed by atoms with Crippen LogP contribution in [0.15, 0.2) is 12.1 Å². The highest BCUT2D eigenvalue weighted by Gasteiger charge is 2.33. The van der Waals surface area contributed by atoms with Gasteiger partial charge in [0.05, 0.1) is 5.56 Å². The van der Waals surface area contributed by atoms with Crippen LogP contribution >= 0.6 is 0 Å². The van der Waals surface area contributed by atoms with Crippen LogP contribution in [0, 0.1) is 0 Å². The minimum absolute atomic E-state index is 0.0532. The van der Waals surface area contributed by atoms with Gasteiger partial charge in [0.2, 0.25) is 0 Å². The SMILES string of the molecule is CC(C)(C)OC(=O)N1CCN(Cc2cc(N)c(C(=O)O)cc2OC(F)(F)F)CC1.